The molecule has 7 heteroatoms. The van der Waals surface area contributed by atoms with Crippen molar-refractivity contribution in [2.75, 3.05) is 13.1 Å². The SMILES string of the molecule is O=C(NC1CCN(C(=O)c2ccco2)CC1)c1ccnc(Cl)c1. The van der Waals surface area contributed by atoms with Crippen molar-refractivity contribution in [2.45, 2.75) is 18.9 Å². The second-order valence-electron chi connectivity index (χ2n) is 5.38. The van der Waals surface area contributed by atoms with Crippen LogP contribution in [-0.2, 0) is 0 Å². The number of rotatable bonds is 3. The number of nitrogens with one attached hydrogen (secondary N) is 1. The maximum atomic E-state index is 12.2. The lowest BCUT2D eigenvalue weighted by Gasteiger charge is -2.31. The second kappa shape index (κ2) is 6.83. The molecule has 1 N–H and O–H groups in total. The van der Waals surface area contributed by atoms with Crippen LogP contribution in [0.1, 0.15) is 33.8 Å². The van der Waals surface area contributed by atoms with E-state index in [0.29, 0.717) is 37.3 Å². The number of halogens is 1. The number of amides is 2. The van der Waals surface area contributed by atoms with Gasteiger partial charge in [0.05, 0.1) is 6.26 Å². The van der Waals surface area contributed by atoms with Crippen LogP contribution in [0, 0.1) is 0 Å². The van der Waals surface area contributed by atoms with E-state index in [2.05, 4.69) is 10.3 Å². The topological polar surface area (TPSA) is 75.4 Å². The van der Waals surface area contributed by atoms with Crippen molar-refractivity contribution in [3.63, 3.8) is 0 Å². The van der Waals surface area contributed by atoms with Crippen LogP contribution in [0.25, 0.3) is 0 Å². The van der Waals surface area contributed by atoms with Crippen molar-refractivity contribution in [3.05, 3.63) is 53.2 Å². The second-order valence-corrected chi connectivity index (χ2v) is 5.77. The number of carbonyl (C=O) groups excluding carboxylic acids is 2. The summed E-state index contributed by atoms with van der Waals surface area (Å²) < 4.78 is 5.13. The normalized spacial score (nSPS) is 15.4. The molecular weight excluding hydrogens is 318 g/mol. The summed E-state index contributed by atoms with van der Waals surface area (Å²) >= 11 is 5.79. The van der Waals surface area contributed by atoms with Crippen LogP contribution in [0.4, 0.5) is 0 Å². The number of aromatic nitrogens is 1. The van der Waals surface area contributed by atoms with Crippen molar-refractivity contribution >= 4 is 23.4 Å². The first kappa shape index (κ1) is 15.6. The average molecular weight is 334 g/mol. The predicted molar refractivity (Wildman–Crippen MR) is 84.3 cm³/mol. The van der Waals surface area contributed by atoms with E-state index in [4.69, 9.17) is 16.0 Å². The van der Waals surface area contributed by atoms with Gasteiger partial charge >= 0.3 is 0 Å². The van der Waals surface area contributed by atoms with Gasteiger partial charge in [0.25, 0.3) is 11.8 Å². The highest BCUT2D eigenvalue weighted by molar-refractivity contribution is 6.29. The Morgan fingerprint density at radius 2 is 2.09 bits per heavy atom. The molecule has 3 rings (SSSR count). The van der Waals surface area contributed by atoms with Crippen molar-refractivity contribution in [1.82, 2.24) is 15.2 Å². The maximum Gasteiger partial charge on any atom is 0.289 e. The molecule has 0 radical (unpaired) electrons. The monoisotopic (exact) mass is 333 g/mol. The third kappa shape index (κ3) is 3.71. The number of furan rings is 1. The molecule has 2 amide bonds. The largest absolute Gasteiger partial charge is 0.459 e. The van der Waals surface area contributed by atoms with Crippen molar-refractivity contribution in [1.29, 1.82) is 0 Å². The Kier molecular flexibility index (Phi) is 4.62. The Labute approximate surface area is 138 Å². The molecule has 0 bridgehead atoms. The fraction of sp³-hybridized carbons (Fsp3) is 0.312. The van der Waals surface area contributed by atoms with E-state index >= 15 is 0 Å². The average Bonchev–Trinajstić information content (AvgIpc) is 3.09. The molecule has 1 aliphatic heterocycles. The number of hydrogen-bond donors (Lipinski definition) is 1. The van der Waals surface area contributed by atoms with E-state index in [1.807, 2.05) is 0 Å². The van der Waals surface area contributed by atoms with Gasteiger partial charge in [-0.2, -0.15) is 0 Å². The molecule has 0 spiro atoms. The van der Waals surface area contributed by atoms with Gasteiger partial charge in [0.2, 0.25) is 0 Å². The number of piperidine rings is 1. The molecule has 120 valence electrons. The smallest absolute Gasteiger partial charge is 0.289 e. The summed E-state index contributed by atoms with van der Waals surface area (Å²) in [4.78, 5) is 29.9. The fourth-order valence-electron chi connectivity index (χ4n) is 2.60. The Morgan fingerprint density at radius 3 is 2.74 bits per heavy atom. The molecule has 1 fully saturated rings. The Hall–Kier alpha value is -2.34. The van der Waals surface area contributed by atoms with Gasteiger partial charge in [0, 0.05) is 30.9 Å². The van der Waals surface area contributed by atoms with Crippen LogP contribution < -0.4 is 5.32 Å². The van der Waals surface area contributed by atoms with Gasteiger partial charge in [-0.1, -0.05) is 11.6 Å². The quantitative estimate of drug-likeness (QED) is 0.875. The summed E-state index contributed by atoms with van der Waals surface area (Å²) in [5.74, 6) is 0.0599. The van der Waals surface area contributed by atoms with Crippen molar-refractivity contribution in [2.24, 2.45) is 0 Å². The molecule has 0 saturated carbocycles. The number of nitrogens with zero attached hydrogens (tertiary/aromatic N) is 2. The number of pyridine rings is 1. The summed E-state index contributed by atoms with van der Waals surface area (Å²) in [7, 11) is 0. The van der Waals surface area contributed by atoms with Crippen LogP contribution in [0.2, 0.25) is 5.15 Å². The molecule has 1 aliphatic rings. The van der Waals surface area contributed by atoms with Gasteiger partial charge < -0.3 is 14.6 Å². The number of carbonyl (C=O) groups is 2. The molecular formula is C16H16ClN3O3. The zero-order valence-electron chi connectivity index (χ0n) is 12.4. The van der Waals surface area contributed by atoms with Gasteiger partial charge in [-0.15, -0.1) is 0 Å². The minimum absolute atomic E-state index is 0.0371. The van der Waals surface area contributed by atoms with Crippen LogP contribution >= 0.6 is 11.6 Å². The molecule has 0 aliphatic carbocycles. The lowest BCUT2D eigenvalue weighted by atomic mass is 10.0. The molecule has 0 aromatic carbocycles. The Bertz CT molecular complexity index is 694. The molecule has 0 unspecified atom stereocenters. The van der Waals surface area contributed by atoms with E-state index in [1.54, 1.807) is 23.1 Å². The van der Waals surface area contributed by atoms with Crippen LogP contribution in [0.5, 0.6) is 0 Å². The van der Waals surface area contributed by atoms with E-state index in [9.17, 15) is 9.59 Å². The summed E-state index contributed by atoms with van der Waals surface area (Å²) in [6.45, 7) is 1.17. The lowest BCUT2D eigenvalue weighted by molar-refractivity contribution is 0.0667. The fourth-order valence-corrected chi connectivity index (χ4v) is 2.77. The van der Waals surface area contributed by atoms with Gasteiger partial charge in [0.1, 0.15) is 5.15 Å². The van der Waals surface area contributed by atoms with E-state index in [0.717, 1.165) is 0 Å². The number of hydrogen-bond acceptors (Lipinski definition) is 4. The molecule has 0 atom stereocenters. The first-order valence-corrected chi connectivity index (χ1v) is 7.76. The van der Waals surface area contributed by atoms with E-state index in [-0.39, 0.29) is 23.0 Å². The molecule has 6 nitrogen and oxygen atoms in total. The van der Waals surface area contributed by atoms with E-state index < -0.39 is 0 Å². The first-order valence-electron chi connectivity index (χ1n) is 7.38. The van der Waals surface area contributed by atoms with Crippen molar-refractivity contribution < 1.29 is 14.0 Å². The Morgan fingerprint density at radius 1 is 1.30 bits per heavy atom. The highest BCUT2D eigenvalue weighted by Gasteiger charge is 2.26. The molecule has 2 aromatic heterocycles. The third-order valence-corrected chi connectivity index (χ3v) is 4.04. The predicted octanol–water partition coefficient (Wildman–Crippen LogP) is 2.36. The van der Waals surface area contributed by atoms with Gasteiger partial charge in [-0.3, -0.25) is 9.59 Å². The summed E-state index contributed by atoms with van der Waals surface area (Å²) in [6, 6.07) is 6.54. The summed E-state index contributed by atoms with van der Waals surface area (Å²) in [5, 5.41) is 3.26. The van der Waals surface area contributed by atoms with Gasteiger partial charge in [-0.25, -0.2) is 4.98 Å². The minimum atomic E-state index is -0.176. The maximum absolute atomic E-state index is 12.2. The standard InChI is InChI=1S/C16H16ClN3O3/c17-14-10-11(3-6-18-14)15(21)19-12-4-7-20(8-5-12)16(22)13-2-1-9-23-13/h1-3,6,9-10,12H,4-5,7-8H2,(H,19,21). The lowest BCUT2D eigenvalue weighted by Crippen LogP contribution is -2.46. The molecule has 23 heavy (non-hydrogen) atoms. The molecule has 1 saturated heterocycles. The highest BCUT2D eigenvalue weighted by Crippen LogP contribution is 2.15. The van der Waals surface area contributed by atoms with Crippen molar-refractivity contribution in [3.8, 4) is 0 Å². The molecule has 3 heterocycles. The van der Waals surface area contributed by atoms with Crippen LogP contribution in [0.15, 0.2) is 41.1 Å². The van der Waals surface area contributed by atoms with E-state index in [1.165, 1.54) is 18.5 Å². The molecule has 2 aromatic rings. The zero-order valence-corrected chi connectivity index (χ0v) is 13.1. The van der Waals surface area contributed by atoms with Gasteiger partial charge in [-0.05, 0) is 37.1 Å². The Balaban J connectivity index is 1.53. The number of likely N-dealkylation sites (tertiary alicyclic amines) is 1. The summed E-state index contributed by atoms with van der Waals surface area (Å²) in [6.07, 6.45) is 4.40. The van der Waals surface area contributed by atoms with Crippen LogP contribution in [0.3, 0.4) is 0 Å². The van der Waals surface area contributed by atoms with Crippen LogP contribution in [-0.4, -0.2) is 40.8 Å². The first-order chi connectivity index (χ1) is 11.1. The third-order valence-electron chi connectivity index (χ3n) is 3.84. The zero-order chi connectivity index (χ0) is 16.2. The minimum Gasteiger partial charge on any atom is -0.459 e. The summed E-state index contributed by atoms with van der Waals surface area (Å²) in [5.41, 5.74) is 0.485. The van der Waals surface area contributed by atoms with Gasteiger partial charge in [0.15, 0.2) is 5.76 Å². The highest BCUT2D eigenvalue weighted by atomic mass is 35.5.